The van der Waals surface area contributed by atoms with E-state index in [9.17, 15) is 9.90 Å². The van der Waals surface area contributed by atoms with E-state index >= 15 is 0 Å². The molecule has 0 aromatic heterocycles. The first-order chi connectivity index (χ1) is 6.06. The van der Waals surface area contributed by atoms with Gasteiger partial charge in [0.15, 0.2) is 0 Å². The fourth-order valence-electron chi connectivity index (χ4n) is 1.34. The van der Waals surface area contributed by atoms with E-state index in [1.807, 2.05) is 0 Å². The fourth-order valence-corrected chi connectivity index (χ4v) is 1.34. The second-order valence-corrected chi connectivity index (χ2v) is 3.38. The largest absolute Gasteiger partial charge is 0.394 e. The molecule has 0 aliphatic carbocycles. The molecule has 5 heteroatoms. The van der Waals surface area contributed by atoms with E-state index in [0.717, 1.165) is 0 Å². The molecule has 0 spiro atoms. The number of ether oxygens (including phenoxy) is 1. The molecule has 0 aromatic carbocycles. The van der Waals surface area contributed by atoms with Gasteiger partial charge in [0.1, 0.15) is 12.2 Å². The lowest BCUT2D eigenvalue weighted by Crippen LogP contribution is -2.34. The van der Waals surface area contributed by atoms with Crippen LogP contribution in [0.4, 0.5) is 0 Å². The van der Waals surface area contributed by atoms with Crippen molar-refractivity contribution in [2.24, 2.45) is 0 Å². The number of aliphatic hydroxyl groups excluding tert-OH is 2. The lowest BCUT2D eigenvalue weighted by atomic mass is 10.1. The average molecular weight is 189 g/mol. The Kier molecular flexibility index (Phi) is 3.24. The molecule has 0 aromatic rings. The Morgan fingerprint density at radius 3 is 2.62 bits per heavy atom. The van der Waals surface area contributed by atoms with Crippen LogP contribution in [0.5, 0.6) is 0 Å². The standard InChI is InChI=1S/C8H15NO4/c1-9(2)8(12)6-3-5(11)7(4-10)13-6/h5-7,10-11H,3-4H2,1-2H3/t5-,6-,7+/m1/s1. The van der Waals surface area contributed by atoms with Gasteiger partial charge in [-0.15, -0.1) is 0 Å². The number of amides is 1. The van der Waals surface area contributed by atoms with Gasteiger partial charge in [-0.2, -0.15) is 0 Å². The molecular formula is C8H15NO4. The summed E-state index contributed by atoms with van der Waals surface area (Å²) in [7, 11) is 3.26. The predicted molar refractivity (Wildman–Crippen MR) is 45.1 cm³/mol. The van der Waals surface area contributed by atoms with E-state index < -0.39 is 18.3 Å². The summed E-state index contributed by atoms with van der Waals surface area (Å²) >= 11 is 0. The zero-order chi connectivity index (χ0) is 10.0. The number of carbonyl (C=O) groups excluding carboxylic acids is 1. The summed E-state index contributed by atoms with van der Waals surface area (Å²) in [5.74, 6) is -0.171. The lowest BCUT2D eigenvalue weighted by Gasteiger charge is -2.15. The molecular weight excluding hydrogens is 174 g/mol. The summed E-state index contributed by atoms with van der Waals surface area (Å²) in [6.07, 6.45) is -1.70. The minimum atomic E-state index is -0.737. The highest BCUT2D eigenvalue weighted by molar-refractivity contribution is 5.80. The van der Waals surface area contributed by atoms with Crippen LogP contribution in [0, 0.1) is 0 Å². The maximum Gasteiger partial charge on any atom is 0.251 e. The molecule has 13 heavy (non-hydrogen) atoms. The smallest absolute Gasteiger partial charge is 0.251 e. The summed E-state index contributed by atoms with van der Waals surface area (Å²) < 4.78 is 5.15. The third-order valence-electron chi connectivity index (χ3n) is 2.12. The Morgan fingerprint density at radius 2 is 2.23 bits per heavy atom. The number of hydrogen-bond donors (Lipinski definition) is 2. The van der Waals surface area contributed by atoms with Gasteiger partial charge >= 0.3 is 0 Å². The average Bonchev–Trinajstić information content (AvgIpc) is 2.45. The van der Waals surface area contributed by atoms with Crippen molar-refractivity contribution in [2.45, 2.75) is 24.7 Å². The van der Waals surface area contributed by atoms with Crippen LogP contribution in [-0.2, 0) is 9.53 Å². The van der Waals surface area contributed by atoms with Gasteiger partial charge in [-0.05, 0) is 0 Å². The molecule has 1 saturated heterocycles. The van der Waals surface area contributed by atoms with E-state index in [2.05, 4.69) is 0 Å². The molecule has 1 aliphatic heterocycles. The first-order valence-corrected chi connectivity index (χ1v) is 4.21. The molecule has 0 unspecified atom stereocenters. The fraction of sp³-hybridized carbons (Fsp3) is 0.875. The molecule has 1 heterocycles. The van der Waals surface area contributed by atoms with Crippen LogP contribution in [0.15, 0.2) is 0 Å². The predicted octanol–water partition coefficient (Wildman–Crippen LogP) is -1.41. The Balaban J connectivity index is 2.53. The third-order valence-corrected chi connectivity index (χ3v) is 2.12. The zero-order valence-electron chi connectivity index (χ0n) is 7.80. The molecule has 2 N–H and O–H groups in total. The first-order valence-electron chi connectivity index (χ1n) is 4.21. The minimum Gasteiger partial charge on any atom is -0.394 e. The van der Waals surface area contributed by atoms with E-state index in [-0.39, 0.29) is 18.9 Å². The van der Waals surface area contributed by atoms with Crippen molar-refractivity contribution < 1.29 is 19.7 Å². The van der Waals surface area contributed by atoms with Crippen molar-refractivity contribution in [3.8, 4) is 0 Å². The number of likely N-dealkylation sites (N-methyl/N-ethyl adjacent to an activating group) is 1. The maximum absolute atomic E-state index is 11.4. The van der Waals surface area contributed by atoms with Gasteiger partial charge in [-0.1, -0.05) is 0 Å². The summed E-state index contributed by atoms with van der Waals surface area (Å²) in [4.78, 5) is 12.8. The van der Waals surface area contributed by atoms with E-state index in [1.54, 1.807) is 14.1 Å². The molecule has 5 nitrogen and oxygen atoms in total. The SMILES string of the molecule is CN(C)C(=O)[C@H]1C[C@@H](O)[C@H](CO)O1. The first kappa shape index (κ1) is 10.4. The quantitative estimate of drug-likeness (QED) is 0.559. The van der Waals surface area contributed by atoms with Gasteiger partial charge in [-0.3, -0.25) is 4.79 Å². The highest BCUT2D eigenvalue weighted by Crippen LogP contribution is 2.21. The van der Waals surface area contributed by atoms with E-state index in [1.165, 1.54) is 4.90 Å². The van der Waals surface area contributed by atoms with Crippen LogP contribution >= 0.6 is 0 Å². The van der Waals surface area contributed by atoms with Crippen molar-refractivity contribution in [3.63, 3.8) is 0 Å². The van der Waals surface area contributed by atoms with Crippen LogP contribution in [0.1, 0.15) is 6.42 Å². The second kappa shape index (κ2) is 4.04. The number of nitrogens with zero attached hydrogens (tertiary/aromatic N) is 1. The molecule has 0 saturated carbocycles. The van der Waals surface area contributed by atoms with Crippen molar-refractivity contribution in [2.75, 3.05) is 20.7 Å². The van der Waals surface area contributed by atoms with Crippen LogP contribution in [0.2, 0.25) is 0 Å². The number of carbonyl (C=O) groups is 1. The Hall–Kier alpha value is -0.650. The van der Waals surface area contributed by atoms with Crippen molar-refractivity contribution >= 4 is 5.91 Å². The van der Waals surface area contributed by atoms with Crippen molar-refractivity contribution in [1.82, 2.24) is 4.90 Å². The van der Waals surface area contributed by atoms with Crippen molar-refractivity contribution in [3.05, 3.63) is 0 Å². The van der Waals surface area contributed by atoms with E-state index in [0.29, 0.717) is 0 Å². The molecule has 76 valence electrons. The monoisotopic (exact) mass is 189 g/mol. The Bertz CT molecular complexity index is 195. The van der Waals surface area contributed by atoms with Gasteiger partial charge in [0.2, 0.25) is 0 Å². The highest BCUT2D eigenvalue weighted by Gasteiger charge is 2.37. The van der Waals surface area contributed by atoms with Crippen molar-refractivity contribution in [1.29, 1.82) is 0 Å². The zero-order valence-corrected chi connectivity index (χ0v) is 7.80. The van der Waals surface area contributed by atoms with Crippen LogP contribution in [0.25, 0.3) is 0 Å². The van der Waals surface area contributed by atoms with Crippen LogP contribution in [0.3, 0.4) is 0 Å². The molecule has 1 aliphatic rings. The second-order valence-electron chi connectivity index (χ2n) is 3.38. The summed E-state index contributed by atoms with van der Waals surface area (Å²) in [5, 5.41) is 18.1. The molecule has 1 rings (SSSR count). The molecule has 0 radical (unpaired) electrons. The molecule has 1 amide bonds. The Labute approximate surface area is 76.9 Å². The number of rotatable bonds is 2. The topological polar surface area (TPSA) is 70.0 Å². The number of hydrogen-bond acceptors (Lipinski definition) is 4. The van der Waals surface area contributed by atoms with Gasteiger partial charge in [0, 0.05) is 20.5 Å². The van der Waals surface area contributed by atoms with Gasteiger partial charge in [0.05, 0.1) is 12.7 Å². The van der Waals surface area contributed by atoms with Crippen LogP contribution in [-0.4, -0.2) is 60.0 Å². The van der Waals surface area contributed by atoms with E-state index in [4.69, 9.17) is 9.84 Å². The lowest BCUT2D eigenvalue weighted by molar-refractivity contribution is -0.141. The Morgan fingerprint density at radius 1 is 1.62 bits per heavy atom. The molecule has 3 atom stereocenters. The van der Waals surface area contributed by atoms with Crippen LogP contribution < -0.4 is 0 Å². The third kappa shape index (κ3) is 2.18. The van der Waals surface area contributed by atoms with Gasteiger partial charge in [-0.25, -0.2) is 0 Å². The number of aliphatic hydroxyl groups is 2. The van der Waals surface area contributed by atoms with Gasteiger partial charge < -0.3 is 19.8 Å². The summed E-state index contributed by atoms with van der Waals surface area (Å²) in [6, 6.07) is 0. The molecule has 1 fully saturated rings. The maximum atomic E-state index is 11.4. The summed E-state index contributed by atoms with van der Waals surface area (Å²) in [6.45, 7) is -0.252. The minimum absolute atomic E-state index is 0.171. The molecule has 0 bridgehead atoms. The van der Waals surface area contributed by atoms with Gasteiger partial charge in [0.25, 0.3) is 5.91 Å². The normalized spacial score (nSPS) is 33.4. The summed E-state index contributed by atoms with van der Waals surface area (Å²) in [5.41, 5.74) is 0. The highest BCUT2D eigenvalue weighted by atomic mass is 16.5.